The largest absolute Gasteiger partial charge is 0.494 e. The van der Waals surface area contributed by atoms with Crippen LogP contribution in [0.3, 0.4) is 0 Å². The van der Waals surface area contributed by atoms with E-state index in [0.717, 1.165) is 5.75 Å². The van der Waals surface area contributed by atoms with E-state index in [1.165, 1.54) is 5.56 Å². The number of carboxylic acids is 1. The minimum Gasteiger partial charge on any atom is -0.494 e. The minimum atomic E-state index is -0.723. The topological polar surface area (TPSA) is 46.5 Å². The van der Waals surface area contributed by atoms with Crippen molar-refractivity contribution in [1.82, 2.24) is 0 Å². The summed E-state index contributed by atoms with van der Waals surface area (Å²) in [6.07, 6.45) is 1.80. The van der Waals surface area contributed by atoms with Gasteiger partial charge in [-0.05, 0) is 42.4 Å². The second-order valence-electron chi connectivity index (χ2n) is 6.67. The lowest BCUT2D eigenvalue weighted by Gasteiger charge is -2.26. The molecule has 1 aromatic rings. The molecular formula is C18H28O3. The highest BCUT2D eigenvalue weighted by molar-refractivity contribution is 5.74. The van der Waals surface area contributed by atoms with Crippen LogP contribution in [0.1, 0.15) is 59.4 Å². The van der Waals surface area contributed by atoms with Crippen LogP contribution in [0.25, 0.3) is 0 Å². The van der Waals surface area contributed by atoms with Crippen LogP contribution in [0.5, 0.6) is 5.75 Å². The molecule has 0 radical (unpaired) electrons. The summed E-state index contributed by atoms with van der Waals surface area (Å²) in [7, 11) is 0. The summed E-state index contributed by atoms with van der Waals surface area (Å²) in [6.45, 7) is 10.8. The Balaban J connectivity index is 2.62. The summed E-state index contributed by atoms with van der Waals surface area (Å²) >= 11 is 0. The van der Waals surface area contributed by atoms with Gasteiger partial charge in [-0.1, -0.05) is 46.8 Å². The first-order valence-electron chi connectivity index (χ1n) is 7.72. The van der Waals surface area contributed by atoms with Crippen LogP contribution < -0.4 is 4.74 Å². The van der Waals surface area contributed by atoms with Crippen molar-refractivity contribution in [1.29, 1.82) is 0 Å². The molecule has 0 spiro atoms. The number of ether oxygens (including phenoxy) is 1. The number of benzene rings is 1. The molecule has 3 nitrogen and oxygen atoms in total. The van der Waals surface area contributed by atoms with Crippen LogP contribution in [0.4, 0.5) is 0 Å². The monoisotopic (exact) mass is 292 g/mol. The van der Waals surface area contributed by atoms with Crippen LogP contribution >= 0.6 is 0 Å². The second kappa shape index (κ2) is 6.97. The maximum atomic E-state index is 11.4. The van der Waals surface area contributed by atoms with Gasteiger partial charge in [0.15, 0.2) is 0 Å². The Hall–Kier alpha value is -1.51. The molecule has 0 heterocycles. The predicted octanol–water partition coefficient (Wildman–Crippen LogP) is 4.64. The second-order valence-corrected chi connectivity index (χ2v) is 6.67. The van der Waals surface area contributed by atoms with E-state index in [9.17, 15) is 9.90 Å². The third kappa shape index (κ3) is 4.48. The zero-order chi connectivity index (χ0) is 16.1. The molecule has 0 amide bonds. The molecule has 0 saturated heterocycles. The van der Waals surface area contributed by atoms with Gasteiger partial charge in [-0.2, -0.15) is 0 Å². The fourth-order valence-electron chi connectivity index (χ4n) is 2.43. The summed E-state index contributed by atoms with van der Waals surface area (Å²) in [5.74, 6) is 0.0775. The van der Waals surface area contributed by atoms with Crippen LogP contribution in [-0.4, -0.2) is 17.7 Å². The fourth-order valence-corrected chi connectivity index (χ4v) is 2.43. The molecule has 0 aliphatic heterocycles. The first-order valence-corrected chi connectivity index (χ1v) is 7.72. The first kappa shape index (κ1) is 17.5. The number of rotatable bonds is 7. The highest BCUT2D eigenvalue weighted by Gasteiger charge is 2.34. The summed E-state index contributed by atoms with van der Waals surface area (Å²) in [6, 6.07) is 8.06. The third-order valence-electron chi connectivity index (χ3n) is 4.38. The van der Waals surface area contributed by atoms with Crippen LogP contribution in [0.15, 0.2) is 24.3 Å². The molecule has 0 unspecified atom stereocenters. The van der Waals surface area contributed by atoms with E-state index in [4.69, 9.17) is 4.74 Å². The molecule has 0 atom stereocenters. The normalized spacial score (nSPS) is 12.2. The van der Waals surface area contributed by atoms with Gasteiger partial charge in [-0.15, -0.1) is 0 Å². The smallest absolute Gasteiger partial charge is 0.309 e. The lowest BCUT2D eigenvalue weighted by atomic mass is 9.79. The van der Waals surface area contributed by atoms with Crippen molar-refractivity contribution in [2.24, 2.45) is 5.41 Å². The highest BCUT2D eigenvalue weighted by Crippen LogP contribution is 2.31. The number of aliphatic carboxylic acids is 1. The van der Waals surface area contributed by atoms with Gasteiger partial charge in [-0.3, -0.25) is 4.79 Å². The van der Waals surface area contributed by atoms with Gasteiger partial charge in [-0.25, -0.2) is 0 Å². The van der Waals surface area contributed by atoms with Gasteiger partial charge in [0.1, 0.15) is 5.75 Å². The van der Waals surface area contributed by atoms with Crippen molar-refractivity contribution in [3.63, 3.8) is 0 Å². The summed E-state index contributed by atoms with van der Waals surface area (Å²) in [5.41, 5.74) is 0.726. The van der Waals surface area contributed by atoms with E-state index < -0.39 is 11.4 Å². The molecule has 0 aliphatic rings. The Morgan fingerprint density at radius 1 is 1.10 bits per heavy atom. The van der Waals surface area contributed by atoms with E-state index in [1.54, 1.807) is 0 Å². The molecule has 0 saturated carbocycles. The predicted molar refractivity (Wildman–Crippen MR) is 85.9 cm³/mol. The molecule has 1 N–H and O–H groups in total. The maximum absolute atomic E-state index is 11.4. The lowest BCUT2D eigenvalue weighted by molar-refractivity contribution is -0.150. The van der Waals surface area contributed by atoms with Gasteiger partial charge < -0.3 is 9.84 Å². The van der Waals surface area contributed by atoms with E-state index in [2.05, 4.69) is 32.9 Å². The summed E-state index contributed by atoms with van der Waals surface area (Å²) < 4.78 is 5.72. The fraction of sp³-hybridized carbons (Fsp3) is 0.611. The number of carbonyl (C=O) groups is 1. The molecule has 21 heavy (non-hydrogen) atoms. The van der Waals surface area contributed by atoms with E-state index in [1.807, 2.05) is 26.0 Å². The summed E-state index contributed by atoms with van der Waals surface area (Å²) in [4.78, 5) is 11.4. The van der Waals surface area contributed by atoms with Crippen LogP contribution in [0, 0.1) is 5.41 Å². The quantitative estimate of drug-likeness (QED) is 0.796. The molecule has 0 aromatic heterocycles. The SMILES string of the molecule is CCC(CC)(CCOc1ccc(C(C)(C)C)cc1)C(=O)O. The standard InChI is InChI=1S/C18H28O3/c1-6-18(7-2,16(19)20)12-13-21-15-10-8-14(9-11-15)17(3,4)5/h8-11H,6-7,12-13H2,1-5H3,(H,19,20). The van der Waals surface area contributed by atoms with E-state index >= 15 is 0 Å². The minimum absolute atomic E-state index is 0.126. The van der Waals surface area contributed by atoms with E-state index in [-0.39, 0.29) is 5.41 Å². The van der Waals surface area contributed by atoms with Crippen molar-refractivity contribution in [3.8, 4) is 5.75 Å². The van der Waals surface area contributed by atoms with E-state index in [0.29, 0.717) is 25.9 Å². The van der Waals surface area contributed by atoms with Gasteiger partial charge in [0, 0.05) is 0 Å². The molecule has 118 valence electrons. The van der Waals surface area contributed by atoms with Crippen LogP contribution in [0.2, 0.25) is 0 Å². The van der Waals surface area contributed by atoms with Crippen molar-refractivity contribution in [2.75, 3.05) is 6.61 Å². The number of carboxylic acid groups (broad SMARTS) is 1. The Morgan fingerprint density at radius 2 is 1.62 bits per heavy atom. The molecule has 3 heteroatoms. The number of hydrogen-bond donors (Lipinski definition) is 1. The Morgan fingerprint density at radius 3 is 2.00 bits per heavy atom. The Bertz CT molecular complexity index is 450. The lowest BCUT2D eigenvalue weighted by Crippen LogP contribution is -2.31. The zero-order valence-corrected chi connectivity index (χ0v) is 13.9. The Kier molecular flexibility index (Phi) is 5.82. The number of hydrogen-bond acceptors (Lipinski definition) is 2. The van der Waals surface area contributed by atoms with Gasteiger partial charge in [0.05, 0.1) is 12.0 Å². The maximum Gasteiger partial charge on any atom is 0.309 e. The van der Waals surface area contributed by atoms with Crippen molar-refractivity contribution >= 4 is 5.97 Å². The van der Waals surface area contributed by atoms with Gasteiger partial charge >= 0.3 is 5.97 Å². The summed E-state index contributed by atoms with van der Waals surface area (Å²) in [5, 5.41) is 9.39. The van der Waals surface area contributed by atoms with Crippen LogP contribution in [-0.2, 0) is 10.2 Å². The van der Waals surface area contributed by atoms with Gasteiger partial charge in [0.2, 0.25) is 0 Å². The van der Waals surface area contributed by atoms with Crippen molar-refractivity contribution in [2.45, 2.75) is 59.3 Å². The first-order chi connectivity index (χ1) is 9.75. The van der Waals surface area contributed by atoms with Crippen molar-refractivity contribution in [3.05, 3.63) is 29.8 Å². The molecular weight excluding hydrogens is 264 g/mol. The highest BCUT2D eigenvalue weighted by atomic mass is 16.5. The zero-order valence-electron chi connectivity index (χ0n) is 13.9. The van der Waals surface area contributed by atoms with Crippen molar-refractivity contribution < 1.29 is 14.6 Å². The average molecular weight is 292 g/mol. The molecule has 1 aromatic carbocycles. The molecule has 0 fully saturated rings. The average Bonchev–Trinajstić information content (AvgIpc) is 2.43. The van der Waals surface area contributed by atoms with Gasteiger partial charge in [0.25, 0.3) is 0 Å². The Labute approximate surface area is 128 Å². The molecule has 0 bridgehead atoms. The molecule has 0 aliphatic carbocycles. The third-order valence-corrected chi connectivity index (χ3v) is 4.38. The molecule has 1 rings (SSSR count).